The van der Waals surface area contributed by atoms with E-state index >= 15 is 0 Å². The number of hydrogen-bond donors (Lipinski definition) is 1. The normalized spacial score (nSPS) is 14.4. The number of aromatic nitrogens is 1. The van der Waals surface area contributed by atoms with E-state index in [-0.39, 0.29) is 0 Å². The van der Waals surface area contributed by atoms with Crippen molar-refractivity contribution in [1.29, 1.82) is 0 Å². The van der Waals surface area contributed by atoms with Crippen LogP contribution in [0.3, 0.4) is 0 Å². The molecule has 0 bridgehead atoms. The molecule has 6 nitrogen and oxygen atoms in total. The second-order valence-corrected chi connectivity index (χ2v) is 7.81. The molecular formula is C21H31N5OS. The molecule has 1 N–H and O–H groups in total. The molecule has 0 atom stereocenters. The zero-order valence-electron chi connectivity index (χ0n) is 17.1. The summed E-state index contributed by atoms with van der Waals surface area (Å²) in [6, 6.07) is 8.11. The van der Waals surface area contributed by atoms with Crippen molar-refractivity contribution in [3.63, 3.8) is 0 Å². The summed E-state index contributed by atoms with van der Waals surface area (Å²) in [5.41, 5.74) is 2.28. The topological polar surface area (TPSA) is 53.0 Å². The lowest BCUT2D eigenvalue weighted by molar-refractivity contribution is 0.396. The molecule has 0 aliphatic carbocycles. The number of nitrogens with zero attached hydrogens (tertiary/aromatic N) is 4. The van der Waals surface area contributed by atoms with E-state index in [9.17, 15) is 0 Å². The Hall–Kier alpha value is -2.28. The number of benzene rings is 1. The maximum atomic E-state index is 5.47. The van der Waals surface area contributed by atoms with Gasteiger partial charge in [-0.15, -0.1) is 11.3 Å². The van der Waals surface area contributed by atoms with Crippen molar-refractivity contribution < 1.29 is 4.74 Å². The number of thiazole rings is 1. The van der Waals surface area contributed by atoms with E-state index in [0.717, 1.165) is 67.2 Å². The number of para-hydroxylation sites is 1. The van der Waals surface area contributed by atoms with E-state index in [1.165, 1.54) is 12.8 Å². The summed E-state index contributed by atoms with van der Waals surface area (Å²) in [5, 5.41) is 6.72. The van der Waals surface area contributed by atoms with E-state index in [0.29, 0.717) is 0 Å². The van der Waals surface area contributed by atoms with Gasteiger partial charge in [0.25, 0.3) is 0 Å². The number of methoxy groups -OCH3 is 1. The molecule has 0 spiro atoms. The van der Waals surface area contributed by atoms with Crippen molar-refractivity contribution >= 4 is 22.4 Å². The third-order valence-corrected chi connectivity index (χ3v) is 5.79. The minimum absolute atomic E-state index is 0.724. The first-order valence-corrected chi connectivity index (χ1v) is 10.9. The highest BCUT2D eigenvalue weighted by Gasteiger charge is 2.15. The summed E-state index contributed by atoms with van der Waals surface area (Å²) in [4.78, 5) is 14.1. The molecule has 2 heterocycles. The van der Waals surface area contributed by atoms with Gasteiger partial charge >= 0.3 is 0 Å². The van der Waals surface area contributed by atoms with Gasteiger partial charge in [-0.25, -0.2) is 4.98 Å². The van der Waals surface area contributed by atoms with E-state index in [2.05, 4.69) is 40.5 Å². The number of rotatable bonds is 8. The van der Waals surface area contributed by atoms with Gasteiger partial charge in [-0.05, 0) is 25.8 Å². The fourth-order valence-electron chi connectivity index (χ4n) is 3.37. The minimum atomic E-state index is 0.724. The van der Waals surface area contributed by atoms with Gasteiger partial charge in [0.05, 0.1) is 12.8 Å². The van der Waals surface area contributed by atoms with Crippen molar-refractivity contribution in [3.05, 3.63) is 40.9 Å². The molecule has 0 radical (unpaired) electrons. The number of nitrogens with one attached hydrogen (secondary N) is 1. The summed E-state index contributed by atoms with van der Waals surface area (Å²) in [6.45, 7) is 6.68. The van der Waals surface area contributed by atoms with Gasteiger partial charge in [0, 0.05) is 57.1 Å². The van der Waals surface area contributed by atoms with E-state index < -0.39 is 0 Å². The Morgan fingerprint density at radius 2 is 2.11 bits per heavy atom. The number of anilines is 1. The SMILES string of the molecule is CCNC(=NCCc1csc(N2CCCC2)n1)N(C)Cc1ccccc1OC. The summed E-state index contributed by atoms with van der Waals surface area (Å²) in [7, 11) is 3.77. The number of ether oxygens (including phenoxy) is 1. The van der Waals surface area contributed by atoms with Gasteiger partial charge in [0.1, 0.15) is 5.75 Å². The third-order valence-electron chi connectivity index (χ3n) is 4.84. The Balaban J connectivity index is 1.58. The molecule has 3 rings (SSSR count). The Bertz CT molecular complexity index is 770. The van der Waals surface area contributed by atoms with Gasteiger partial charge < -0.3 is 19.9 Å². The van der Waals surface area contributed by atoms with Crippen LogP contribution >= 0.6 is 11.3 Å². The molecule has 2 aromatic rings. The third kappa shape index (κ3) is 5.38. The summed E-state index contributed by atoms with van der Waals surface area (Å²) in [5.74, 6) is 1.81. The maximum absolute atomic E-state index is 5.47. The smallest absolute Gasteiger partial charge is 0.193 e. The average Bonchev–Trinajstić information content (AvgIpc) is 3.39. The molecule has 28 heavy (non-hydrogen) atoms. The van der Waals surface area contributed by atoms with Crippen LogP contribution in [0.2, 0.25) is 0 Å². The maximum Gasteiger partial charge on any atom is 0.193 e. The average molecular weight is 402 g/mol. The molecule has 1 saturated heterocycles. The van der Waals surface area contributed by atoms with Crippen LogP contribution in [0.5, 0.6) is 5.75 Å². The van der Waals surface area contributed by atoms with Gasteiger partial charge in [-0.2, -0.15) is 0 Å². The summed E-state index contributed by atoms with van der Waals surface area (Å²) < 4.78 is 5.47. The molecule has 1 aromatic heterocycles. The van der Waals surface area contributed by atoms with Crippen molar-refractivity contribution in [1.82, 2.24) is 15.2 Å². The second kappa shape index (κ2) is 10.3. The first kappa shape index (κ1) is 20.5. The molecule has 0 unspecified atom stereocenters. The zero-order chi connectivity index (χ0) is 19.8. The predicted octanol–water partition coefficient (Wildman–Crippen LogP) is 3.39. The van der Waals surface area contributed by atoms with Crippen LogP contribution in [0.1, 0.15) is 31.0 Å². The van der Waals surface area contributed by atoms with Gasteiger partial charge in [0.2, 0.25) is 0 Å². The highest BCUT2D eigenvalue weighted by Crippen LogP contribution is 2.24. The molecule has 152 valence electrons. The van der Waals surface area contributed by atoms with Gasteiger partial charge in [0.15, 0.2) is 11.1 Å². The van der Waals surface area contributed by atoms with Crippen LogP contribution in [0.25, 0.3) is 0 Å². The van der Waals surface area contributed by atoms with Crippen molar-refractivity contribution in [2.45, 2.75) is 32.7 Å². The quantitative estimate of drug-likeness (QED) is 0.543. The Labute approximate surface area is 172 Å². The van der Waals surface area contributed by atoms with E-state index in [1.54, 1.807) is 18.4 Å². The standard InChI is InChI=1S/C21H31N5OS/c1-4-22-20(25(2)15-17-9-5-6-10-19(17)27-3)23-12-11-18-16-28-21(24-18)26-13-7-8-14-26/h5-6,9-10,16H,4,7-8,11-15H2,1-3H3,(H,22,23). The van der Waals surface area contributed by atoms with Crippen molar-refractivity contribution in [3.8, 4) is 5.75 Å². The summed E-state index contributed by atoms with van der Waals surface area (Å²) >= 11 is 1.75. The largest absolute Gasteiger partial charge is 0.496 e. The summed E-state index contributed by atoms with van der Waals surface area (Å²) in [6.07, 6.45) is 3.43. The minimum Gasteiger partial charge on any atom is -0.496 e. The first-order valence-electron chi connectivity index (χ1n) is 10.0. The number of guanidine groups is 1. The Morgan fingerprint density at radius 3 is 2.86 bits per heavy atom. The fraction of sp³-hybridized carbons (Fsp3) is 0.524. The number of hydrogen-bond acceptors (Lipinski definition) is 5. The number of aliphatic imine (C=N–C) groups is 1. The monoisotopic (exact) mass is 401 g/mol. The predicted molar refractivity (Wildman–Crippen MR) is 118 cm³/mol. The van der Waals surface area contributed by atoms with Crippen LogP contribution < -0.4 is 15.0 Å². The lowest BCUT2D eigenvalue weighted by Gasteiger charge is -2.23. The van der Waals surface area contributed by atoms with Crippen LogP contribution in [0, 0.1) is 0 Å². The molecule has 1 aliphatic rings. The van der Waals surface area contributed by atoms with Crippen LogP contribution in [0.4, 0.5) is 5.13 Å². The van der Waals surface area contributed by atoms with Gasteiger partial charge in [-0.3, -0.25) is 4.99 Å². The first-order chi connectivity index (χ1) is 13.7. The van der Waals surface area contributed by atoms with Crippen LogP contribution in [0.15, 0.2) is 34.6 Å². The second-order valence-electron chi connectivity index (χ2n) is 6.97. The van der Waals surface area contributed by atoms with Crippen LogP contribution in [-0.4, -0.2) is 56.2 Å². The molecule has 7 heteroatoms. The lowest BCUT2D eigenvalue weighted by Crippen LogP contribution is -2.38. The Kier molecular flexibility index (Phi) is 7.54. The molecule has 0 amide bonds. The van der Waals surface area contributed by atoms with Crippen LogP contribution in [-0.2, 0) is 13.0 Å². The highest BCUT2D eigenvalue weighted by molar-refractivity contribution is 7.13. The van der Waals surface area contributed by atoms with E-state index in [1.807, 2.05) is 18.2 Å². The van der Waals surface area contributed by atoms with E-state index in [4.69, 9.17) is 14.7 Å². The molecule has 1 aromatic carbocycles. The fourth-order valence-corrected chi connectivity index (χ4v) is 4.29. The van der Waals surface area contributed by atoms with Gasteiger partial charge in [-0.1, -0.05) is 18.2 Å². The zero-order valence-corrected chi connectivity index (χ0v) is 18.0. The molecular weight excluding hydrogens is 370 g/mol. The van der Waals surface area contributed by atoms with Crippen molar-refractivity contribution in [2.24, 2.45) is 4.99 Å². The molecule has 1 aliphatic heterocycles. The Morgan fingerprint density at radius 1 is 1.32 bits per heavy atom. The highest BCUT2D eigenvalue weighted by atomic mass is 32.1. The molecule has 1 fully saturated rings. The van der Waals surface area contributed by atoms with Crippen molar-refractivity contribution in [2.75, 3.05) is 45.2 Å². The molecule has 0 saturated carbocycles. The lowest BCUT2D eigenvalue weighted by atomic mass is 10.2.